The quantitative estimate of drug-likeness (QED) is 0.846. The molecule has 0 radical (unpaired) electrons. The molecule has 1 aromatic rings. The number of ether oxygens (including phenoxy) is 1. The van der Waals surface area contributed by atoms with E-state index in [9.17, 15) is 4.79 Å². The van der Waals surface area contributed by atoms with Crippen molar-refractivity contribution in [1.82, 2.24) is 15.1 Å². The van der Waals surface area contributed by atoms with Crippen molar-refractivity contribution in [2.45, 2.75) is 38.0 Å². The number of carbonyl (C=O) groups excluding carboxylic acids is 1. The van der Waals surface area contributed by atoms with E-state index >= 15 is 0 Å². The fraction of sp³-hybridized carbons (Fsp3) is 0.800. The Kier molecular flexibility index (Phi) is 5.25. The second-order valence-corrected chi connectivity index (χ2v) is 7.05. The van der Waals surface area contributed by atoms with Gasteiger partial charge in [0.15, 0.2) is 0 Å². The third-order valence-electron chi connectivity index (χ3n) is 4.56. The molecular formula is C15H24N4O2S. The molecule has 1 saturated carbocycles. The standard InChI is InChI=1S/C15H24N4O2S/c1-21-11-13(20)18-7-9-19(10-8-18)15-17-16-14(22-15)12-5-3-2-4-6-12/h12H,2-11H2,1H3. The molecule has 0 N–H and O–H groups in total. The maximum Gasteiger partial charge on any atom is 0.248 e. The number of rotatable bonds is 4. The molecule has 1 aliphatic heterocycles. The van der Waals surface area contributed by atoms with Gasteiger partial charge in [-0.3, -0.25) is 4.79 Å². The van der Waals surface area contributed by atoms with Gasteiger partial charge >= 0.3 is 0 Å². The van der Waals surface area contributed by atoms with E-state index in [-0.39, 0.29) is 12.5 Å². The highest BCUT2D eigenvalue weighted by Gasteiger charge is 2.25. The first-order valence-corrected chi connectivity index (χ1v) is 8.94. The topological polar surface area (TPSA) is 58.6 Å². The number of methoxy groups -OCH3 is 1. The van der Waals surface area contributed by atoms with Gasteiger partial charge in [0.2, 0.25) is 11.0 Å². The Morgan fingerprint density at radius 3 is 2.59 bits per heavy atom. The van der Waals surface area contributed by atoms with E-state index in [2.05, 4.69) is 15.1 Å². The van der Waals surface area contributed by atoms with Crippen LogP contribution in [0.5, 0.6) is 0 Å². The largest absolute Gasteiger partial charge is 0.375 e. The van der Waals surface area contributed by atoms with Crippen LogP contribution < -0.4 is 4.90 Å². The van der Waals surface area contributed by atoms with E-state index in [4.69, 9.17) is 4.74 Å². The van der Waals surface area contributed by atoms with E-state index in [1.54, 1.807) is 18.4 Å². The summed E-state index contributed by atoms with van der Waals surface area (Å²) < 4.78 is 4.91. The fourth-order valence-electron chi connectivity index (χ4n) is 3.23. The summed E-state index contributed by atoms with van der Waals surface area (Å²) in [6.45, 7) is 3.30. The predicted octanol–water partition coefficient (Wildman–Crippen LogP) is 1.88. The molecule has 0 aromatic carbocycles. The van der Waals surface area contributed by atoms with Crippen LogP contribution in [0.15, 0.2) is 0 Å². The Morgan fingerprint density at radius 2 is 1.91 bits per heavy atom. The molecule has 0 bridgehead atoms. The van der Waals surface area contributed by atoms with Crippen molar-refractivity contribution in [3.05, 3.63) is 5.01 Å². The first-order chi connectivity index (χ1) is 10.8. The highest BCUT2D eigenvalue weighted by molar-refractivity contribution is 7.15. The van der Waals surface area contributed by atoms with Crippen LogP contribution in [0.3, 0.4) is 0 Å². The predicted molar refractivity (Wildman–Crippen MR) is 86.4 cm³/mol. The van der Waals surface area contributed by atoms with Gasteiger partial charge in [0, 0.05) is 39.2 Å². The molecule has 0 atom stereocenters. The first kappa shape index (κ1) is 15.7. The van der Waals surface area contributed by atoms with Crippen LogP contribution in [0.4, 0.5) is 5.13 Å². The van der Waals surface area contributed by atoms with Gasteiger partial charge in [-0.15, -0.1) is 10.2 Å². The lowest BCUT2D eigenvalue weighted by Gasteiger charge is -2.34. The van der Waals surface area contributed by atoms with Crippen molar-refractivity contribution in [1.29, 1.82) is 0 Å². The van der Waals surface area contributed by atoms with Crippen LogP contribution in [-0.2, 0) is 9.53 Å². The van der Waals surface area contributed by atoms with Gasteiger partial charge in [0.25, 0.3) is 0 Å². The molecule has 7 heteroatoms. The average Bonchev–Trinajstić information content (AvgIpc) is 3.06. The normalized spacial score (nSPS) is 20.4. The SMILES string of the molecule is COCC(=O)N1CCN(c2nnc(C3CCCCC3)s2)CC1. The molecule has 1 aromatic heterocycles. The number of hydrogen-bond acceptors (Lipinski definition) is 6. The van der Waals surface area contributed by atoms with Crippen LogP contribution >= 0.6 is 11.3 Å². The van der Waals surface area contributed by atoms with Gasteiger partial charge in [-0.1, -0.05) is 30.6 Å². The zero-order valence-electron chi connectivity index (χ0n) is 13.2. The highest BCUT2D eigenvalue weighted by Crippen LogP contribution is 2.36. The van der Waals surface area contributed by atoms with Crippen LogP contribution in [0.1, 0.15) is 43.0 Å². The number of hydrogen-bond donors (Lipinski definition) is 0. The molecule has 6 nitrogen and oxygen atoms in total. The minimum absolute atomic E-state index is 0.0716. The molecule has 1 amide bonds. The number of anilines is 1. The van der Waals surface area contributed by atoms with Crippen LogP contribution in [0.2, 0.25) is 0 Å². The molecule has 122 valence electrons. The maximum absolute atomic E-state index is 11.8. The maximum atomic E-state index is 11.8. The summed E-state index contributed by atoms with van der Waals surface area (Å²) >= 11 is 1.74. The number of amides is 1. The minimum Gasteiger partial charge on any atom is -0.375 e. The fourth-order valence-corrected chi connectivity index (χ4v) is 4.30. The molecule has 3 rings (SSSR count). The van der Waals surface area contributed by atoms with Crippen LogP contribution in [-0.4, -0.2) is 60.9 Å². The van der Waals surface area contributed by atoms with E-state index in [0.29, 0.717) is 5.92 Å². The number of aromatic nitrogens is 2. The molecule has 2 heterocycles. The Labute approximate surface area is 135 Å². The minimum atomic E-state index is 0.0716. The Bertz CT molecular complexity index is 493. The van der Waals surface area contributed by atoms with Gasteiger partial charge in [-0.2, -0.15) is 0 Å². The monoisotopic (exact) mass is 324 g/mol. The summed E-state index contributed by atoms with van der Waals surface area (Å²) in [7, 11) is 1.56. The summed E-state index contributed by atoms with van der Waals surface area (Å²) in [4.78, 5) is 15.9. The van der Waals surface area contributed by atoms with Crippen molar-refractivity contribution in [3.8, 4) is 0 Å². The van der Waals surface area contributed by atoms with Gasteiger partial charge in [0.05, 0.1) is 0 Å². The van der Waals surface area contributed by atoms with Crippen molar-refractivity contribution in [3.63, 3.8) is 0 Å². The molecular weight excluding hydrogens is 300 g/mol. The molecule has 1 aliphatic carbocycles. The highest BCUT2D eigenvalue weighted by atomic mass is 32.1. The molecule has 2 aliphatic rings. The second kappa shape index (κ2) is 7.37. The average molecular weight is 324 g/mol. The van der Waals surface area contributed by atoms with Crippen molar-refractivity contribution in [2.75, 3.05) is 44.8 Å². The number of carbonyl (C=O) groups is 1. The Hall–Kier alpha value is -1.21. The van der Waals surface area contributed by atoms with Gasteiger partial charge in [0.1, 0.15) is 11.6 Å². The second-order valence-electron chi connectivity index (χ2n) is 6.06. The number of nitrogens with zero attached hydrogens (tertiary/aromatic N) is 4. The summed E-state index contributed by atoms with van der Waals surface area (Å²) in [6.07, 6.45) is 6.52. The first-order valence-electron chi connectivity index (χ1n) is 8.13. The van der Waals surface area contributed by atoms with E-state index in [1.165, 1.54) is 37.1 Å². The van der Waals surface area contributed by atoms with Crippen molar-refractivity contribution >= 4 is 22.4 Å². The zero-order valence-corrected chi connectivity index (χ0v) is 14.0. The smallest absolute Gasteiger partial charge is 0.248 e. The van der Waals surface area contributed by atoms with Gasteiger partial charge < -0.3 is 14.5 Å². The number of piperazine rings is 1. The zero-order chi connectivity index (χ0) is 15.4. The van der Waals surface area contributed by atoms with Crippen LogP contribution in [0.25, 0.3) is 0 Å². The van der Waals surface area contributed by atoms with E-state index < -0.39 is 0 Å². The van der Waals surface area contributed by atoms with Crippen molar-refractivity contribution < 1.29 is 9.53 Å². The molecule has 2 fully saturated rings. The third kappa shape index (κ3) is 3.57. The lowest BCUT2D eigenvalue weighted by Crippen LogP contribution is -2.49. The molecule has 1 saturated heterocycles. The van der Waals surface area contributed by atoms with Gasteiger partial charge in [-0.25, -0.2) is 0 Å². The summed E-state index contributed by atoms with van der Waals surface area (Å²) in [5, 5.41) is 11.0. The summed E-state index contributed by atoms with van der Waals surface area (Å²) in [5.41, 5.74) is 0. The lowest BCUT2D eigenvalue weighted by atomic mass is 9.90. The van der Waals surface area contributed by atoms with Crippen LogP contribution in [0, 0.1) is 0 Å². The Morgan fingerprint density at radius 1 is 1.18 bits per heavy atom. The molecule has 0 spiro atoms. The van der Waals surface area contributed by atoms with E-state index in [0.717, 1.165) is 31.3 Å². The Balaban J connectivity index is 1.55. The summed E-state index contributed by atoms with van der Waals surface area (Å²) in [6, 6.07) is 0. The van der Waals surface area contributed by atoms with Crippen molar-refractivity contribution in [2.24, 2.45) is 0 Å². The van der Waals surface area contributed by atoms with Gasteiger partial charge in [-0.05, 0) is 12.8 Å². The molecule has 0 unspecified atom stereocenters. The third-order valence-corrected chi connectivity index (χ3v) is 5.70. The molecule has 22 heavy (non-hydrogen) atoms. The lowest BCUT2D eigenvalue weighted by molar-refractivity contribution is -0.135. The van der Waals surface area contributed by atoms with E-state index in [1.807, 2.05) is 4.90 Å². The summed E-state index contributed by atoms with van der Waals surface area (Å²) in [5.74, 6) is 0.687.